The Morgan fingerprint density at radius 3 is 2.83 bits per heavy atom. The molecule has 4 heteroatoms. The lowest BCUT2D eigenvalue weighted by Gasteiger charge is -2.24. The van der Waals surface area contributed by atoms with E-state index in [1.54, 1.807) is 0 Å². The molecule has 1 unspecified atom stereocenters. The molecule has 1 atom stereocenters. The zero-order valence-corrected chi connectivity index (χ0v) is 11.2. The van der Waals surface area contributed by atoms with Crippen LogP contribution in [0.15, 0.2) is 6.20 Å². The second-order valence-corrected chi connectivity index (χ2v) is 5.61. The first kappa shape index (κ1) is 12.0. The van der Waals surface area contributed by atoms with E-state index in [-0.39, 0.29) is 0 Å². The normalized spacial score (nSPS) is 25.5. The number of anilines is 1. The summed E-state index contributed by atoms with van der Waals surface area (Å²) in [4.78, 5) is 4.65. The van der Waals surface area contributed by atoms with E-state index in [1.165, 1.54) is 32.1 Å². The third-order valence-electron chi connectivity index (χ3n) is 4.09. The minimum Gasteiger partial charge on any atom is -0.379 e. The summed E-state index contributed by atoms with van der Waals surface area (Å²) in [7, 11) is 0. The Bertz CT molecular complexity index is 390. The molecule has 4 nitrogen and oxygen atoms in total. The molecule has 1 aliphatic carbocycles. The molecule has 0 spiro atoms. The molecule has 1 saturated carbocycles. The van der Waals surface area contributed by atoms with Gasteiger partial charge in [-0.05, 0) is 26.2 Å². The van der Waals surface area contributed by atoms with Crippen LogP contribution in [0.25, 0.3) is 0 Å². The highest BCUT2D eigenvalue weighted by Gasteiger charge is 2.22. The Morgan fingerprint density at radius 2 is 2.11 bits per heavy atom. The van der Waals surface area contributed by atoms with E-state index in [2.05, 4.69) is 28.0 Å². The molecule has 0 aromatic carbocycles. The van der Waals surface area contributed by atoms with E-state index >= 15 is 0 Å². The van der Waals surface area contributed by atoms with Gasteiger partial charge in [-0.15, -0.1) is 0 Å². The lowest BCUT2D eigenvalue weighted by Crippen LogP contribution is -2.25. The molecule has 1 N–H and O–H groups in total. The van der Waals surface area contributed by atoms with Crippen LogP contribution in [0.4, 0.5) is 5.95 Å². The first-order valence-electron chi connectivity index (χ1n) is 7.22. The lowest BCUT2D eigenvalue weighted by atomic mass is 9.96. The maximum atomic E-state index is 5.49. The van der Waals surface area contributed by atoms with Crippen molar-refractivity contribution in [3.8, 4) is 0 Å². The molecule has 0 amide bonds. The maximum Gasteiger partial charge on any atom is 0.203 e. The monoisotopic (exact) mass is 249 g/mol. The van der Waals surface area contributed by atoms with Crippen molar-refractivity contribution in [2.75, 3.05) is 18.5 Å². The zero-order valence-electron chi connectivity index (χ0n) is 11.2. The number of hydrogen-bond donors (Lipinski definition) is 1. The number of hydrogen-bond acceptors (Lipinski definition) is 3. The van der Waals surface area contributed by atoms with Crippen LogP contribution < -0.4 is 5.32 Å². The zero-order chi connectivity index (χ0) is 12.4. The lowest BCUT2D eigenvalue weighted by molar-refractivity contribution is 0.187. The summed E-state index contributed by atoms with van der Waals surface area (Å²) in [5.74, 6) is 1.05. The number of nitrogens with one attached hydrogen (secondary N) is 1. The fourth-order valence-electron chi connectivity index (χ4n) is 3.07. The van der Waals surface area contributed by atoms with E-state index in [0.717, 1.165) is 31.3 Å². The topological polar surface area (TPSA) is 39.1 Å². The van der Waals surface area contributed by atoms with Crippen LogP contribution in [0.1, 0.15) is 50.3 Å². The highest BCUT2D eigenvalue weighted by atomic mass is 16.5. The van der Waals surface area contributed by atoms with Crippen LogP contribution in [0.5, 0.6) is 0 Å². The van der Waals surface area contributed by atoms with Gasteiger partial charge in [0.2, 0.25) is 5.95 Å². The molecule has 1 saturated heterocycles. The molecule has 2 heterocycles. The molecular weight excluding hydrogens is 226 g/mol. The maximum absolute atomic E-state index is 5.49. The van der Waals surface area contributed by atoms with Gasteiger partial charge >= 0.3 is 0 Å². The predicted molar refractivity (Wildman–Crippen MR) is 71.9 cm³/mol. The van der Waals surface area contributed by atoms with Gasteiger partial charge in [0.15, 0.2) is 0 Å². The van der Waals surface area contributed by atoms with Gasteiger partial charge in [0, 0.05) is 18.8 Å². The van der Waals surface area contributed by atoms with Crippen LogP contribution in [0, 0.1) is 6.92 Å². The fourth-order valence-corrected chi connectivity index (χ4v) is 3.07. The molecule has 0 radical (unpaired) electrons. The summed E-state index contributed by atoms with van der Waals surface area (Å²) in [6, 6.07) is 1.08. The average molecular weight is 249 g/mol. The molecular formula is C14H23N3O. The second-order valence-electron chi connectivity index (χ2n) is 5.61. The summed E-state index contributed by atoms with van der Waals surface area (Å²) >= 11 is 0. The molecule has 100 valence electrons. The van der Waals surface area contributed by atoms with E-state index in [9.17, 15) is 0 Å². The number of rotatable bonds is 3. The van der Waals surface area contributed by atoms with E-state index in [1.807, 2.05) is 0 Å². The van der Waals surface area contributed by atoms with E-state index in [4.69, 9.17) is 4.74 Å². The third kappa shape index (κ3) is 2.53. The molecule has 1 aliphatic heterocycles. The van der Waals surface area contributed by atoms with Gasteiger partial charge in [-0.25, -0.2) is 4.98 Å². The number of imidazole rings is 1. The minimum atomic E-state index is 0.470. The largest absolute Gasteiger partial charge is 0.379 e. The molecule has 1 aromatic heterocycles. The average Bonchev–Trinajstić information content (AvgIpc) is 3.00. The summed E-state index contributed by atoms with van der Waals surface area (Å²) in [5.41, 5.74) is 1.10. The van der Waals surface area contributed by atoms with Crippen molar-refractivity contribution in [2.24, 2.45) is 0 Å². The van der Waals surface area contributed by atoms with Crippen LogP contribution in [-0.2, 0) is 4.74 Å². The SMILES string of the molecule is Cc1cn(C2CCOC2)c(NC2CCCCC2)n1. The summed E-state index contributed by atoms with van der Waals surface area (Å²) in [6.07, 6.45) is 9.93. The van der Waals surface area contributed by atoms with Gasteiger partial charge < -0.3 is 14.6 Å². The molecule has 1 aromatic rings. The van der Waals surface area contributed by atoms with Gasteiger partial charge in [0.05, 0.1) is 18.3 Å². The minimum absolute atomic E-state index is 0.470. The van der Waals surface area contributed by atoms with Crippen molar-refractivity contribution in [3.63, 3.8) is 0 Å². The number of nitrogens with zero attached hydrogens (tertiary/aromatic N) is 2. The van der Waals surface area contributed by atoms with Crippen molar-refractivity contribution in [1.82, 2.24) is 9.55 Å². The van der Waals surface area contributed by atoms with Gasteiger partial charge in [0.1, 0.15) is 0 Å². The quantitative estimate of drug-likeness (QED) is 0.895. The summed E-state index contributed by atoms with van der Waals surface area (Å²) < 4.78 is 7.78. The Balaban J connectivity index is 1.73. The smallest absolute Gasteiger partial charge is 0.203 e. The van der Waals surface area contributed by atoms with Crippen LogP contribution >= 0.6 is 0 Å². The van der Waals surface area contributed by atoms with Gasteiger partial charge in [0.25, 0.3) is 0 Å². The number of aromatic nitrogens is 2. The Morgan fingerprint density at radius 1 is 1.28 bits per heavy atom. The van der Waals surface area contributed by atoms with E-state index in [0.29, 0.717) is 12.1 Å². The van der Waals surface area contributed by atoms with Crippen molar-refractivity contribution < 1.29 is 4.74 Å². The van der Waals surface area contributed by atoms with Crippen molar-refractivity contribution in [2.45, 2.75) is 57.5 Å². The molecule has 0 bridgehead atoms. The van der Waals surface area contributed by atoms with Crippen LogP contribution in [-0.4, -0.2) is 28.8 Å². The van der Waals surface area contributed by atoms with Crippen molar-refractivity contribution >= 4 is 5.95 Å². The standard InChI is InChI=1S/C14H23N3O/c1-11-9-17(13-7-8-18-10-13)14(15-11)16-12-5-3-2-4-6-12/h9,12-13H,2-8,10H2,1H3,(H,15,16). The first-order chi connectivity index (χ1) is 8.83. The molecule has 2 fully saturated rings. The Hall–Kier alpha value is -1.03. The molecule has 2 aliphatic rings. The Labute approximate surface area is 109 Å². The van der Waals surface area contributed by atoms with Crippen LogP contribution in [0.3, 0.4) is 0 Å². The highest BCUT2D eigenvalue weighted by molar-refractivity contribution is 5.31. The summed E-state index contributed by atoms with van der Waals surface area (Å²) in [6.45, 7) is 3.78. The second kappa shape index (κ2) is 5.31. The van der Waals surface area contributed by atoms with Crippen LogP contribution in [0.2, 0.25) is 0 Å². The highest BCUT2D eigenvalue weighted by Crippen LogP contribution is 2.26. The predicted octanol–water partition coefficient (Wildman–Crippen LogP) is 2.90. The van der Waals surface area contributed by atoms with Gasteiger partial charge in [-0.3, -0.25) is 0 Å². The van der Waals surface area contributed by atoms with Gasteiger partial charge in [-0.2, -0.15) is 0 Å². The van der Waals surface area contributed by atoms with Crippen molar-refractivity contribution in [3.05, 3.63) is 11.9 Å². The number of ether oxygens (including phenoxy) is 1. The van der Waals surface area contributed by atoms with Gasteiger partial charge in [-0.1, -0.05) is 19.3 Å². The molecule has 18 heavy (non-hydrogen) atoms. The van der Waals surface area contributed by atoms with E-state index < -0.39 is 0 Å². The Kier molecular flexibility index (Phi) is 3.55. The fraction of sp³-hybridized carbons (Fsp3) is 0.786. The summed E-state index contributed by atoms with van der Waals surface area (Å²) in [5, 5.41) is 3.64. The first-order valence-corrected chi connectivity index (χ1v) is 7.22. The third-order valence-corrected chi connectivity index (χ3v) is 4.09. The van der Waals surface area contributed by atoms with Crippen molar-refractivity contribution in [1.29, 1.82) is 0 Å². The number of aryl methyl sites for hydroxylation is 1. The molecule has 3 rings (SSSR count).